The van der Waals surface area contributed by atoms with Crippen molar-refractivity contribution < 1.29 is 19.0 Å². The van der Waals surface area contributed by atoms with Crippen LogP contribution in [-0.4, -0.2) is 19.0 Å². The van der Waals surface area contributed by atoms with Crippen LogP contribution in [-0.2, 0) is 11.4 Å². The topological polar surface area (TPSA) is 56.8 Å². The molecule has 0 fully saturated rings. The predicted molar refractivity (Wildman–Crippen MR) is 147 cm³/mol. The van der Waals surface area contributed by atoms with Gasteiger partial charge < -0.3 is 19.5 Å². The lowest BCUT2D eigenvalue weighted by Gasteiger charge is -2.15. The van der Waals surface area contributed by atoms with Crippen LogP contribution in [0, 0.1) is 6.92 Å². The standard InChI is InChI=1S/C28H26ClNO4.C2H6/c1-19-12-24(29)13-23(28(19)34-16-20(2)31)18-33-26-8-5-7-25(14-26)32-17-21-10-11-22-6-3-4-9-27(22)30-15-21;1-2/h3-15,30H,16-18H2,1-2H3;1-2H3. The molecule has 0 saturated heterocycles. The van der Waals surface area contributed by atoms with Crippen molar-refractivity contribution in [3.05, 3.63) is 100 Å². The Morgan fingerprint density at radius 3 is 2.36 bits per heavy atom. The van der Waals surface area contributed by atoms with Gasteiger partial charge in [-0.2, -0.15) is 0 Å². The van der Waals surface area contributed by atoms with E-state index in [9.17, 15) is 4.79 Å². The van der Waals surface area contributed by atoms with E-state index >= 15 is 0 Å². The number of fused-ring (bicyclic) bond motifs is 1. The number of Topliss-reactive ketones (excluding diaryl/α,β-unsaturated/α-hetero) is 1. The molecule has 1 aliphatic heterocycles. The molecule has 0 amide bonds. The number of nitrogens with one attached hydrogen (secondary N) is 1. The van der Waals surface area contributed by atoms with Gasteiger partial charge in [0.1, 0.15) is 37.1 Å². The second-order valence-corrected chi connectivity index (χ2v) is 8.47. The lowest BCUT2D eigenvalue weighted by atomic mass is 10.1. The molecule has 0 saturated carbocycles. The largest absolute Gasteiger partial charge is 0.489 e. The first-order valence-electron chi connectivity index (χ1n) is 12.0. The Balaban J connectivity index is 0.00000176. The Kier molecular flexibility index (Phi) is 10.0. The van der Waals surface area contributed by atoms with Gasteiger partial charge in [-0.3, -0.25) is 4.79 Å². The quantitative estimate of drug-likeness (QED) is 0.324. The van der Waals surface area contributed by atoms with E-state index in [2.05, 4.69) is 17.5 Å². The lowest BCUT2D eigenvalue weighted by Crippen LogP contribution is -2.10. The summed E-state index contributed by atoms with van der Waals surface area (Å²) in [5.41, 5.74) is 4.84. The number of ether oxygens (including phenoxy) is 3. The van der Waals surface area contributed by atoms with E-state index in [1.54, 1.807) is 12.1 Å². The van der Waals surface area contributed by atoms with Crippen molar-refractivity contribution in [3.8, 4) is 17.2 Å². The van der Waals surface area contributed by atoms with Gasteiger partial charge in [0, 0.05) is 34.1 Å². The zero-order valence-electron chi connectivity index (χ0n) is 21.1. The van der Waals surface area contributed by atoms with E-state index in [-0.39, 0.29) is 19.0 Å². The van der Waals surface area contributed by atoms with E-state index < -0.39 is 0 Å². The minimum absolute atomic E-state index is 0.00301. The smallest absolute Gasteiger partial charge is 0.167 e. The highest BCUT2D eigenvalue weighted by molar-refractivity contribution is 6.30. The molecule has 3 aromatic carbocycles. The molecule has 0 aliphatic carbocycles. The molecule has 0 atom stereocenters. The fourth-order valence-electron chi connectivity index (χ4n) is 3.55. The number of ketones is 1. The summed E-state index contributed by atoms with van der Waals surface area (Å²) in [5, 5.41) is 3.91. The maximum Gasteiger partial charge on any atom is 0.167 e. The van der Waals surface area contributed by atoms with Crippen LogP contribution in [0.4, 0.5) is 5.69 Å². The molecule has 5 nitrogen and oxygen atoms in total. The van der Waals surface area contributed by atoms with Gasteiger partial charge in [-0.05, 0) is 55.3 Å². The average molecular weight is 506 g/mol. The molecule has 0 radical (unpaired) electrons. The first kappa shape index (κ1) is 26.9. The Morgan fingerprint density at radius 2 is 1.61 bits per heavy atom. The van der Waals surface area contributed by atoms with Crippen LogP contribution < -0.4 is 19.5 Å². The summed E-state index contributed by atoms with van der Waals surface area (Å²) in [6, 6.07) is 19.2. The fourth-order valence-corrected chi connectivity index (χ4v) is 3.84. The van der Waals surface area contributed by atoms with Crippen molar-refractivity contribution >= 4 is 29.1 Å². The molecule has 0 bridgehead atoms. The molecule has 3 aromatic rings. The third-order valence-corrected chi connectivity index (χ3v) is 5.41. The number of benzene rings is 3. The SMILES string of the molecule is CC.CC(=O)COc1c(C)cc(Cl)cc1COc1cccc(OCC2=CNc3ccccc3C=C2)c1. The van der Waals surface area contributed by atoms with Gasteiger partial charge in [0.15, 0.2) is 5.78 Å². The molecular weight excluding hydrogens is 474 g/mol. The molecule has 0 spiro atoms. The highest BCUT2D eigenvalue weighted by atomic mass is 35.5. The van der Waals surface area contributed by atoms with Gasteiger partial charge in [0.05, 0.1) is 0 Å². The van der Waals surface area contributed by atoms with E-state index in [0.717, 1.165) is 28.0 Å². The zero-order valence-corrected chi connectivity index (χ0v) is 21.9. The molecule has 36 heavy (non-hydrogen) atoms. The summed E-state index contributed by atoms with van der Waals surface area (Å²) in [6.07, 6.45) is 6.07. The maximum absolute atomic E-state index is 11.4. The second-order valence-electron chi connectivity index (χ2n) is 8.04. The molecule has 0 aromatic heterocycles. The number of halogens is 1. The summed E-state index contributed by atoms with van der Waals surface area (Å²) in [7, 11) is 0. The normalized spacial score (nSPS) is 11.6. The fraction of sp³-hybridized carbons (Fsp3) is 0.233. The van der Waals surface area contributed by atoms with Crippen LogP contribution in [0.15, 0.2) is 78.5 Å². The number of carbonyl (C=O) groups is 1. The van der Waals surface area contributed by atoms with Gasteiger partial charge in [-0.15, -0.1) is 0 Å². The van der Waals surface area contributed by atoms with Crippen LogP contribution in [0.2, 0.25) is 5.02 Å². The molecule has 1 heterocycles. The molecule has 6 heteroatoms. The number of carbonyl (C=O) groups excluding carboxylic acids is 1. The van der Waals surface area contributed by atoms with Gasteiger partial charge in [0.25, 0.3) is 0 Å². The minimum atomic E-state index is -0.0521. The zero-order chi connectivity index (χ0) is 25.9. The first-order chi connectivity index (χ1) is 17.5. The monoisotopic (exact) mass is 505 g/mol. The van der Waals surface area contributed by atoms with E-state index in [1.165, 1.54) is 6.92 Å². The van der Waals surface area contributed by atoms with E-state index in [1.807, 2.05) is 75.5 Å². The Hall–Kier alpha value is -3.70. The average Bonchev–Trinajstić information content (AvgIpc) is 3.09. The summed E-state index contributed by atoms with van der Waals surface area (Å²) < 4.78 is 17.7. The Morgan fingerprint density at radius 1 is 0.889 bits per heavy atom. The van der Waals surface area contributed by atoms with Crippen LogP contribution in [0.25, 0.3) is 6.08 Å². The number of hydrogen-bond donors (Lipinski definition) is 1. The minimum Gasteiger partial charge on any atom is -0.489 e. The second kappa shape index (κ2) is 13.4. The predicted octanol–water partition coefficient (Wildman–Crippen LogP) is 7.62. The van der Waals surface area contributed by atoms with Crippen molar-refractivity contribution in [1.82, 2.24) is 0 Å². The molecular formula is C30H32ClNO4. The first-order valence-corrected chi connectivity index (χ1v) is 12.4. The van der Waals surface area contributed by atoms with Crippen molar-refractivity contribution in [3.63, 3.8) is 0 Å². The number of hydrogen-bond acceptors (Lipinski definition) is 5. The molecule has 4 rings (SSSR count). The van der Waals surface area contributed by atoms with Gasteiger partial charge in [-0.25, -0.2) is 0 Å². The van der Waals surface area contributed by atoms with Crippen molar-refractivity contribution in [2.45, 2.75) is 34.3 Å². The Bertz CT molecular complexity index is 1250. The van der Waals surface area contributed by atoms with E-state index in [4.69, 9.17) is 25.8 Å². The van der Waals surface area contributed by atoms with Crippen molar-refractivity contribution in [2.75, 3.05) is 18.5 Å². The molecule has 1 N–H and O–H groups in total. The summed E-state index contributed by atoms with van der Waals surface area (Å²) >= 11 is 6.23. The van der Waals surface area contributed by atoms with Gasteiger partial charge >= 0.3 is 0 Å². The van der Waals surface area contributed by atoms with Crippen LogP contribution in [0.5, 0.6) is 17.2 Å². The van der Waals surface area contributed by atoms with Gasteiger partial charge in [-0.1, -0.05) is 61.9 Å². The Labute approximate surface area is 218 Å². The van der Waals surface area contributed by atoms with Gasteiger partial charge in [0.2, 0.25) is 0 Å². The third-order valence-electron chi connectivity index (χ3n) is 5.19. The molecule has 188 valence electrons. The van der Waals surface area contributed by atoms with Crippen molar-refractivity contribution in [1.29, 1.82) is 0 Å². The third kappa shape index (κ3) is 7.65. The van der Waals surface area contributed by atoms with Crippen LogP contribution in [0.1, 0.15) is 37.5 Å². The maximum atomic E-state index is 11.4. The summed E-state index contributed by atoms with van der Waals surface area (Å²) in [5.74, 6) is 1.92. The number of para-hydroxylation sites is 1. The van der Waals surface area contributed by atoms with E-state index in [0.29, 0.717) is 28.9 Å². The van der Waals surface area contributed by atoms with Crippen molar-refractivity contribution in [2.24, 2.45) is 0 Å². The summed E-state index contributed by atoms with van der Waals surface area (Å²) in [4.78, 5) is 11.4. The lowest BCUT2D eigenvalue weighted by molar-refractivity contribution is -0.118. The number of aryl methyl sites for hydroxylation is 1. The summed E-state index contributed by atoms with van der Waals surface area (Å²) in [6.45, 7) is 8.04. The molecule has 1 aliphatic rings. The molecule has 0 unspecified atom stereocenters. The highest BCUT2D eigenvalue weighted by Gasteiger charge is 2.12. The van der Waals surface area contributed by atoms with Crippen LogP contribution >= 0.6 is 11.6 Å². The highest BCUT2D eigenvalue weighted by Crippen LogP contribution is 2.30. The van der Waals surface area contributed by atoms with Crippen LogP contribution in [0.3, 0.4) is 0 Å². The number of anilines is 1. The number of rotatable bonds is 9.